The number of benzene rings is 2. The Bertz CT molecular complexity index is 769. The van der Waals surface area contributed by atoms with Gasteiger partial charge in [0.15, 0.2) is 0 Å². The van der Waals surface area contributed by atoms with Crippen molar-refractivity contribution in [1.29, 1.82) is 0 Å². The molecule has 1 atom stereocenters. The van der Waals surface area contributed by atoms with Crippen molar-refractivity contribution >= 4 is 17.3 Å². The SMILES string of the molecule is CC(C)CCOc1ccc(NC(=O)CNc2ccc(OCC3CCCO3)cc2)cc1. The van der Waals surface area contributed by atoms with Crippen molar-refractivity contribution in [2.45, 2.75) is 39.2 Å². The Kier molecular flexibility index (Phi) is 8.39. The third kappa shape index (κ3) is 7.59. The van der Waals surface area contributed by atoms with E-state index in [1.165, 1.54) is 0 Å². The second-order valence-corrected chi connectivity index (χ2v) is 7.93. The minimum absolute atomic E-state index is 0.109. The molecule has 1 aliphatic rings. The van der Waals surface area contributed by atoms with Gasteiger partial charge >= 0.3 is 0 Å². The van der Waals surface area contributed by atoms with Crippen LogP contribution in [-0.4, -0.2) is 38.4 Å². The van der Waals surface area contributed by atoms with Gasteiger partial charge in [-0.05, 0) is 73.7 Å². The fourth-order valence-corrected chi connectivity index (χ4v) is 3.07. The fourth-order valence-electron chi connectivity index (χ4n) is 3.07. The molecule has 2 aromatic carbocycles. The first-order valence-electron chi connectivity index (χ1n) is 10.7. The molecule has 1 fully saturated rings. The number of hydrogen-bond donors (Lipinski definition) is 2. The molecular formula is C24H32N2O4. The van der Waals surface area contributed by atoms with Gasteiger partial charge in [0, 0.05) is 18.0 Å². The quantitative estimate of drug-likeness (QED) is 0.559. The fraction of sp³-hybridized carbons (Fsp3) is 0.458. The van der Waals surface area contributed by atoms with Gasteiger partial charge < -0.3 is 24.8 Å². The molecule has 30 heavy (non-hydrogen) atoms. The van der Waals surface area contributed by atoms with Crippen LogP contribution in [0.3, 0.4) is 0 Å². The first kappa shape index (κ1) is 22.0. The zero-order valence-electron chi connectivity index (χ0n) is 17.9. The summed E-state index contributed by atoms with van der Waals surface area (Å²) in [5, 5.41) is 6.00. The molecule has 0 radical (unpaired) electrons. The van der Waals surface area contributed by atoms with Gasteiger partial charge in [-0.2, -0.15) is 0 Å². The predicted octanol–water partition coefficient (Wildman–Crippen LogP) is 4.72. The summed E-state index contributed by atoms with van der Waals surface area (Å²) in [6, 6.07) is 15.0. The molecule has 162 valence electrons. The number of amides is 1. The molecule has 0 spiro atoms. The van der Waals surface area contributed by atoms with E-state index in [0.29, 0.717) is 19.1 Å². The molecule has 0 bridgehead atoms. The van der Waals surface area contributed by atoms with Crippen LogP contribution in [0.5, 0.6) is 11.5 Å². The topological polar surface area (TPSA) is 68.8 Å². The van der Waals surface area contributed by atoms with Crippen LogP contribution < -0.4 is 20.1 Å². The second kappa shape index (κ2) is 11.5. The Labute approximate surface area is 178 Å². The number of rotatable bonds is 11. The Morgan fingerprint density at radius 2 is 1.70 bits per heavy atom. The molecule has 2 N–H and O–H groups in total. The van der Waals surface area contributed by atoms with Gasteiger partial charge in [-0.25, -0.2) is 0 Å². The molecule has 6 nitrogen and oxygen atoms in total. The maximum Gasteiger partial charge on any atom is 0.243 e. The lowest BCUT2D eigenvalue weighted by Crippen LogP contribution is -2.21. The van der Waals surface area contributed by atoms with E-state index in [4.69, 9.17) is 14.2 Å². The van der Waals surface area contributed by atoms with Crippen LogP contribution in [0.2, 0.25) is 0 Å². The average Bonchev–Trinajstić information content (AvgIpc) is 3.26. The third-order valence-corrected chi connectivity index (χ3v) is 4.87. The summed E-state index contributed by atoms with van der Waals surface area (Å²) in [6.45, 7) is 6.63. The third-order valence-electron chi connectivity index (χ3n) is 4.87. The Hall–Kier alpha value is -2.73. The van der Waals surface area contributed by atoms with Crippen LogP contribution in [0.15, 0.2) is 48.5 Å². The average molecular weight is 413 g/mol. The molecular weight excluding hydrogens is 380 g/mol. The molecule has 0 aromatic heterocycles. The van der Waals surface area contributed by atoms with Gasteiger partial charge in [-0.3, -0.25) is 4.79 Å². The van der Waals surface area contributed by atoms with Crippen molar-refractivity contribution < 1.29 is 19.0 Å². The zero-order chi connectivity index (χ0) is 21.2. The van der Waals surface area contributed by atoms with Crippen LogP contribution in [0.25, 0.3) is 0 Å². The van der Waals surface area contributed by atoms with Crippen LogP contribution >= 0.6 is 0 Å². The number of hydrogen-bond acceptors (Lipinski definition) is 5. The van der Waals surface area contributed by atoms with Gasteiger partial charge in [0.25, 0.3) is 0 Å². The molecule has 1 unspecified atom stereocenters. The highest BCUT2D eigenvalue weighted by Crippen LogP contribution is 2.19. The van der Waals surface area contributed by atoms with Crippen LogP contribution in [0.4, 0.5) is 11.4 Å². The summed E-state index contributed by atoms with van der Waals surface area (Å²) in [4.78, 5) is 12.2. The second-order valence-electron chi connectivity index (χ2n) is 7.93. The lowest BCUT2D eigenvalue weighted by molar-refractivity contribution is -0.114. The number of nitrogens with one attached hydrogen (secondary N) is 2. The standard InChI is InChI=1S/C24H32N2O4/c1-18(2)13-15-29-21-11-7-20(8-12-21)26-24(27)16-25-19-5-9-22(10-6-19)30-17-23-4-3-14-28-23/h5-12,18,23,25H,3-4,13-17H2,1-2H3,(H,26,27). The minimum Gasteiger partial charge on any atom is -0.494 e. The van der Waals surface area contributed by atoms with Crippen LogP contribution in [0.1, 0.15) is 33.1 Å². The van der Waals surface area contributed by atoms with Crippen LogP contribution in [0, 0.1) is 5.92 Å². The van der Waals surface area contributed by atoms with Gasteiger partial charge in [-0.15, -0.1) is 0 Å². The first-order chi connectivity index (χ1) is 14.6. The zero-order valence-corrected chi connectivity index (χ0v) is 17.9. The molecule has 3 rings (SSSR count). The molecule has 0 saturated carbocycles. The van der Waals surface area contributed by atoms with Gasteiger partial charge in [0.05, 0.1) is 19.3 Å². The highest BCUT2D eigenvalue weighted by atomic mass is 16.5. The van der Waals surface area contributed by atoms with Gasteiger partial charge in [-0.1, -0.05) is 13.8 Å². The van der Waals surface area contributed by atoms with E-state index in [2.05, 4.69) is 24.5 Å². The largest absolute Gasteiger partial charge is 0.494 e. The van der Waals surface area contributed by atoms with E-state index in [1.807, 2.05) is 48.5 Å². The highest BCUT2D eigenvalue weighted by Gasteiger charge is 2.15. The van der Waals surface area contributed by atoms with E-state index >= 15 is 0 Å². The Balaban J connectivity index is 1.36. The lowest BCUT2D eigenvalue weighted by atomic mass is 10.1. The molecule has 2 aromatic rings. The summed E-state index contributed by atoms with van der Waals surface area (Å²) in [6.07, 6.45) is 3.39. The molecule has 6 heteroatoms. The number of ether oxygens (including phenoxy) is 3. The molecule has 1 saturated heterocycles. The summed E-state index contributed by atoms with van der Waals surface area (Å²) in [7, 11) is 0. The van der Waals surface area contributed by atoms with Gasteiger partial charge in [0.2, 0.25) is 5.91 Å². The van der Waals surface area contributed by atoms with E-state index < -0.39 is 0 Å². The summed E-state index contributed by atoms with van der Waals surface area (Å²) >= 11 is 0. The molecule has 1 aliphatic heterocycles. The first-order valence-corrected chi connectivity index (χ1v) is 10.7. The predicted molar refractivity (Wildman–Crippen MR) is 119 cm³/mol. The van der Waals surface area contributed by atoms with Crippen molar-refractivity contribution in [1.82, 2.24) is 0 Å². The van der Waals surface area contributed by atoms with Crippen molar-refractivity contribution in [3.8, 4) is 11.5 Å². The van der Waals surface area contributed by atoms with Gasteiger partial charge in [0.1, 0.15) is 18.1 Å². The monoisotopic (exact) mass is 412 g/mol. The number of carbonyl (C=O) groups is 1. The maximum absolute atomic E-state index is 12.2. The molecule has 1 heterocycles. The smallest absolute Gasteiger partial charge is 0.243 e. The van der Waals surface area contributed by atoms with Crippen molar-refractivity contribution in [3.63, 3.8) is 0 Å². The van der Waals surface area contributed by atoms with E-state index in [1.54, 1.807) is 0 Å². The summed E-state index contributed by atoms with van der Waals surface area (Å²) < 4.78 is 17.0. The maximum atomic E-state index is 12.2. The molecule has 1 amide bonds. The molecule has 0 aliphatic carbocycles. The van der Waals surface area contributed by atoms with E-state index in [9.17, 15) is 4.79 Å². The van der Waals surface area contributed by atoms with Crippen molar-refractivity contribution in [3.05, 3.63) is 48.5 Å². The van der Waals surface area contributed by atoms with Crippen molar-refractivity contribution in [2.75, 3.05) is 37.0 Å². The lowest BCUT2D eigenvalue weighted by Gasteiger charge is -2.12. The van der Waals surface area contributed by atoms with E-state index in [-0.39, 0.29) is 18.6 Å². The number of carbonyl (C=O) groups excluding carboxylic acids is 1. The normalized spacial score (nSPS) is 15.8. The summed E-state index contributed by atoms with van der Waals surface area (Å²) in [5.74, 6) is 2.12. The minimum atomic E-state index is -0.109. The van der Waals surface area contributed by atoms with Crippen LogP contribution in [-0.2, 0) is 9.53 Å². The van der Waals surface area contributed by atoms with E-state index in [0.717, 1.165) is 48.7 Å². The highest BCUT2D eigenvalue weighted by molar-refractivity contribution is 5.93. The Morgan fingerprint density at radius 1 is 1.03 bits per heavy atom. The Morgan fingerprint density at radius 3 is 2.33 bits per heavy atom. The number of anilines is 2. The van der Waals surface area contributed by atoms with Crippen molar-refractivity contribution in [2.24, 2.45) is 5.92 Å². The summed E-state index contributed by atoms with van der Waals surface area (Å²) in [5.41, 5.74) is 1.61.